The molecule has 0 saturated carbocycles. The summed E-state index contributed by atoms with van der Waals surface area (Å²) in [4.78, 5) is 12.1. The number of carbonyl (C=O) groups is 1. The number of aromatic nitrogens is 2. The van der Waals surface area contributed by atoms with Crippen molar-refractivity contribution in [1.82, 2.24) is 10.2 Å². The SMILES string of the molecule is Cc1cccc(C(=O)Nc2cc(-c3ccccc3)[nH]n2)c1. The van der Waals surface area contributed by atoms with Crippen molar-refractivity contribution in [1.29, 1.82) is 0 Å². The zero-order valence-electron chi connectivity index (χ0n) is 11.6. The summed E-state index contributed by atoms with van der Waals surface area (Å²) < 4.78 is 0. The smallest absolute Gasteiger partial charge is 0.256 e. The van der Waals surface area contributed by atoms with Gasteiger partial charge in [-0.25, -0.2) is 0 Å². The number of aryl methyl sites for hydroxylation is 1. The van der Waals surface area contributed by atoms with E-state index in [0.717, 1.165) is 16.8 Å². The van der Waals surface area contributed by atoms with E-state index in [1.807, 2.05) is 61.5 Å². The van der Waals surface area contributed by atoms with Crippen molar-refractivity contribution in [2.75, 3.05) is 5.32 Å². The summed E-state index contributed by atoms with van der Waals surface area (Å²) in [5.41, 5.74) is 3.57. The molecule has 1 amide bonds. The first-order valence-corrected chi connectivity index (χ1v) is 6.71. The van der Waals surface area contributed by atoms with E-state index in [4.69, 9.17) is 0 Å². The Balaban J connectivity index is 1.77. The van der Waals surface area contributed by atoms with Crippen LogP contribution >= 0.6 is 0 Å². The highest BCUT2D eigenvalue weighted by Crippen LogP contribution is 2.19. The van der Waals surface area contributed by atoms with Gasteiger partial charge in [0.2, 0.25) is 0 Å². The van der Waals surface area contributed by atoms with E-state index >= 15 is 0 Å². The molecule has 0 saturated heterocycles. The highest BCUT2D eigenvalue weighted by molar-refractivity contribution is 6.04. The normalized spacial score (nSPS) is 10.3. The van der Waals surface area contributed by atoms with Gasteiger partial charge in [-0.2, -0.15) is 5.10 Å². The Kier molecular flexibility index (Phi) is 3.51. The molecule has 4 nitrogen and oxygen atoms in total. The summed E-state index contributed by atoms with van der Waals surface area (Å²) in [6.45, 7) is 1.96. The van der Waals surface area contributed by atoms with E-state index in [9.17, 15) is 4.79 Å². The minimum atomic E-state index is -0.162. The molecule has 2 aromatic carbocycles. The van der Waals surface area contributed by atoms with Crippen LogP contribution in [0.3, 0.4) is 0 Å². The minimum absolute atomic E-state index is 0.162. The van der Waals surface area contributed by atoms with Crippen molar-refractivity contribution >= 4 is 11.7 Å². The van der Waals surface area contributed by atoms with Crippen LogP contribution in [-0.4, -0.2) is 16.1 Å². The van der Waals surface area contributed by atoms with Crippen LogP contribution in [0.2, 0.25) is 0 Å². The molecule has 104 valence electrons. The first-order chi connectivity index (χ1) is 10.2. The topological polar surface area (TPSA) is 57.8 Å². The van der Waals surface area contributed by atoms with E-state index in [1.165, 1.54) is 0 Å². The Labute approximate surface area is 122 Å². The van der Waals surface area contributed by atoms with Crippen LogP contribution in [0.5, 0.6) is 0 Å². The van der Waals surface area contributed by atoms with Gasteiger partial charge in [0.25, 0.3) is 5.91 Å². The lowest BCUT2D eigenvalue weighted by Crippen LogP contribution is -2.12. The number of hydrogen-bond acceptors (Lipinski definition) is 2. The summed E-state index contributed by atoms with van der Waals surface area (Å²) in [6.07, 6.45) is 0. The largest absolute Gasteiger partial charge is 0.305 e. The van der Waals surface area contributed by atoms with E-state index < -0.39 is 0 Å². The number of nitrogens with one attached hydrogen (secondary N) is 2. The van der Waals surface area contributed by atoms with Crippen molar-refractivity contribution in [2.45, 2.75) is 6.92 Å². The first kappa shape index (κ1) is 13.1. The average Bonchev–Trinajstić information content (AvgIpc) is 2.97. The number of rotatable bonds is 3. The van der Waals surface area contributed by atoms with E-state index in [2.05, 4.69) is 15.5 Å². The number of carbonyl (C=O) groups excluding carboxylic acids is 1. The number of H-pyrrole nitrogens is 1. The van der Waals surface area contributed by atoms with Crippen molar-refractivity contribution in [3.63, 3.8) is 0 Å². The quantitative estimate of drug-likeness (QED) is 0.768. The van der Waals surface area contributed by atoms with E-state index in [0.29, 0.717) is 11.4 Å². The lowest BCUT2D eigenvalue weighted by atomic mass is 10.1. The standard InChI is InChI=1S/C17H15N3O/c1-12-6-5-9-14(10-12)17(21)18-16-11-15(19-20-16)13-7-3-2-4-8-13/h2-11H,1H3,(H2,18,19,20,21). The number of benzene rings is 2. The van der Waals surface area contributed by atoms with Crippen LogP contribution in [0.15, 0.2) is 60.7 Å². The minimum Gasteiger partial charge on any atom is -0.305 e. The zero-order chi connectivity index (χ0) is 14.7. The van der Waals surface area contributed by atoms with Gasteiger partial charge >= 0.3 is 0 Å². The second-order valence-corrected chi connectivity index (χ2v) is 4.86. The molecule has 1 heterocycles. The predicted molar refractivity (Wildman–Crippen MR) is 83.2 cm³/mol. The third-order valence-corrected chi connectivity index (χ3v) is 3.18. The number of amides is 1. The van der Waals surface area contributed by atoms with Crippen LogP contribution in [0, 0.1) is 6.92 Å². The van der Waals surface area contributed by atoms with Gasteiger partial charge in [-0.15, -0.1) is 0 Å². The van der Waals surface area contributed by atoms with Crippen LogP contribution < -0.4 is 5.32 Å². The number of aromatic amines is 1. The highest BCUT2D eigenvalue weighted by Gasteiger charge is 2.09. The fourth-order valence-corrected chi connectivity index (χ4v) is 2.13. The maximum atomic E-state index is 12.1. The van der Waals surface area contributed by atoms with Gasteiger partial charge in [0.1, 0.15) is 0 Å². The van der Waals surface area contributed by atoms with Crippen LogP contribution in [0.25, 0.3) is 11.3 Å². The molecule has 3 aromatic rings. The van der Waals surface area contributed by atoms with Crippen LogP contribution in [-0.2, 0) is 0 Å². The molecule has 0 unspecified atom stereocenters. The summed E-state index contributed by atoms with van der Waals surface area (Å²) in [5, 5.41) is 9.84. The molecule has 3 rings (SSSR count). The molecule has 1 aromatic heterocycles. The third-order valence-electron chi connectivity index (χ3n) is 3.18. The highest BCUT2D eigenvalue weighted by atomic mass is 16.1. The molecular weight excluding hydrogens is 262 g/mol. The van der Waals surface area contributed by atoms with Gasteiger partial charge < -0.3 is 5.32 Å². The molecule has 0 fully saturated rings. The molecule has 2 N–H and O–H groups in total. The first-order valence-electron chi connectivity index (χ1n) is 6.71. The predicted octanol–water partition coefficient (Wildman–Crippen LogP) is 3.64. The van der Waals surface area contributed by atoms with Gasteiger partial charge in [0.05, 0.1) is 5.69 Å². The third kappa shape index (κ3) is 3.00. The lowest BCUT2D eigenvalue weighted by Gasteiger charge is -2.02. The molecular formula is C17H15N3O. The van der Waals surface area contributed by atoms with Crippen molar-refractivity contribution in [3.8, 4) is 11.3 Å². The van der Waals surface area contributed by atoms with Gasteiger partial charge in [0.15, 0.2) is 5.82 Å². The number of nitrogens with zero attached hydrogens (tertiary/aromatic N) is 1. The molecule has 0 aliphatic rings. The lowest BCUT2D eigenvalue weighted by molar-refractivity contribution is 0.102. The zero-order valence-corrected chi connectivity index (χ0v) is 11.6. The summed E-state index contributed by atoms with van der Waals surface area (Å²) in [6, 6.07) is 19.1. The van der Waals surface area contributed by atoms with Gasteiger partial charge in [-0.3, -0.25) is 9.89 Å². The maximum Gasteiger partial charge on any atom is 0.256 e. The molecule has 21 heavy (non-hydrogen) atoms. The van der Waals surface area contributed by atoms with Gasteiger partial charge in [-0.1, -0.05) is 48.0 Å². The van der Waals surface area contributed by atoms with Crippen molar-refractivity contribution in [2.24, 2.45) is 0 Å². The Bertz CT molecular complexity index is 762. The number of hydrogen-bond donors (Lipinski definition) is 2. The molecule has 0 aliphatic heterocycles. The maximum absolute atomic E-state index is 12.1. The Morgan fingerprint density at radius 3 is 2.62 bits per heavy atom. The van der Waals surface area contributed by atoms with Gasteiger partial charge in [-0.05, 0) is 24.6 Å². The van der Waals surface area contributed by atoms with Crippen molar-refractivity contribution in [3.05, 3.63) is 71.8 Å². The summed E-state index contributed by atoms with van der Waals surface area (Å²) >= 11 is 0. The Hall–Kier alpha value is -2.88. The van der Waals surface area contributed by atoms with E-state index in [1.54, 1.807) is 6.07 Å². The summed E-state index contributed by atoms with van der Waals surface area (Å²) in [5.74, 6) is 0.352. The van der Waals surface area contributed by atoms with E-state index in [-0.39, 0.29) is 5.91 Å². The molecule has 0 radical (unpaired) electrons. The second-order valence-electron chi connectivity index (χ2n) is 4.86. The number of anilines is 1. The molecule has 0 atom stereocenters. The molecule has 0 bridgehead atoms. The fraction of sp³-hybridized carbons (Fsp3) is 0.0588. The molecule has 0 aliphatic carbocycles. The summed E-state index contributed by atoms with van der Waals surface area (Å²) in [7, 11) is 0. The second kappa shape index (κ2) is 5.63. The average molecular weight is 277 g/mol. The molecule has 0 spiro atoms. The van der Waals surface area contributed by atoms with Gasteiger partial charge in [0, 0.05) is 11.6 Å². The molecule has 4 heteroatoms. The van der Waals surface area contributed by atoms with Crippen molar-refractivity contribution < 1.29 is 4.79 Å². The fourth-order valence-electron chi connectivity index (χ4n) is 2.13. The van der Waals surface area contributed by atoms with Crippen LogP contribution in [0.1, 0.15) is 15.9 Å². The van der Waals surface area contributed by atoms with Crippen LogP contribution in [0.4, 0.5) is 5.82 Å². The monoisotopic (exact) mass is 277 g/mol. The Morgan fingerprint density at radius 2 is 1.86 bits per heavy atom. The Morgan fingerprint density at radius 1 is 1.05 bits per heavy atom.